The quantitative estimate of drug-likeness (QED) is 0.724. The van der Waals surface area contributed by atoms with Crippen LogP contribution in [-0.4, -0.2) is 4.98 Å². The zero-order chi connectivity index (χ0) is 9.97. The summed E-state index contributed by atoms with van der Waals surface area (Å²) >= 11 is 0. The number of oxazole rings is 1. The first kappa shape index (κ1) is 8.76. The van der Waals surface area contributed by atoms with Crippen molar-refractivity contribution in [3.63, 3.8) is 0 Å². The molecule has 3 nitrogen and oxygen atoms in total. The van der Waals surface area contributed by atoms with E-state index < -0.39 is 0 Å². The Hall–Kier alpha value is -1.82. The molecule has 2 aromatic rings. The van der Waals surface area contributed by atoms with Gasteiger partial charge in [0, 0.05) is 0 Å². The van der Waals surface area contributed by atoms with Crippen molar-refractivity contribution in [2.24, 2.45) is 0 Å². The molecule has 0 N–H and O–H groups in total. The Morgan fingerprint density at radius 3 is 2.93 bits per heavy atom. The second kappa shape index (κ2) is 3.51. The SMILES string of the molecule is CCC(C#N)c1nc2ccccc2o1. The number of nitriles is 1. The maximum Gasteiger partial charge on any atom is 0.212 e. The Balaban J connectivity index is 2.50. The molecule has 0 aliphatic carbocycles. The molecule has 0 bridgehead atoms. The molecule has 0 spiro atoms. The summed E-state index contributed by atoms with van der Waals surface area (Å²) in [4.78, 5) is 4.27. The third kappa shape index (κ3) is 1.35. The minimum atomic E-state index is -0.234. The van der Waals surface area contributed by atoms with Crippen molar-refractivity contribution in [2.75, 3.05) is 0 Å². The lowest BCUT2D eigenvalue weighted by molar-refractivity contribution is 0.503. The van der Waals surface area contributed by atoms with E-state index in [0.29, 0.717) is 5.89 Å². The topological polar surface area (TPSA) is 49.8 Å². The van der Waals surface area contributed by atoms with Crippen molar-refractivity contribution < 1.29 is 4.42 Å². The Bertz CT molecular complexity index is 448. The fourth-order valence-corrected chi connectivity index (χ4v) is 1.36. The number of fused-ring (bicyclic) bond motifs is 1. The van der Waals surface area contributed by atoms with E-state index in [-0.39, 0.29) is 5.92 Å². The fraction of sp³-hybridized carbons (Fsp3) is 0.273. The van der Waals surface area contributed by atoms with Crippen molar-refractivity contribution in [3.05, 3.63) is 30.2 Å². The standard InChI is InChI=1S/C11H10N2O/c1-2-8(7-12)11-13-9-5-3-4-6-10(9)14-11/h3-6,8H,2H2,1H3. The van der Waals surface area contributed by atoms with Gasteiger partial charge in [0.25, 0.3) is 0 Å². The van der Waals surface area contributed by atoms with Crippen molar-refractivity contribution in [2.45, 2.75) is 19.3 Å². The van der Waals surface area contributed by atoms with Crippen molar-refractivity contribution >= 4 is 11.1 Å². The minimum absolute atomic E-state index is 0.234. The van der Waals surface area contributed by atoms with Crippen molar-refractivity contribution in [3.8, 4) is 6.07 Å². The minimum Gasteiger partial charge on any atom is -0.439 e. The maximum absolute atomic E-state index is 8.85. The van der Waals surface area contributed by atoms with E-state index in [9.17, 15) is 0 Å². The molecule has 0 saturated heterocycles. The molecule has 14 heavy (non-hydrogen) atoms. The Kier molecular flexibility index (Phi) is 2.19. The molecular formula is C11H10N2O. The molecule has 3 heteroatoms. The van der Waals surface area contributed by atoms with Crippen LogP contribution < -0.4 is 0 Å². The lowest BCUT2D eigenvalue weighted by Crippen LogP contribution is -1.92. The molecule has 1 unspecified atom stereocenters. The molecular weight excluding hydrogens is 176 g/mol. The Morgan fingerprint density at radius 2 is 2.29 bits per heavy atom. The van der Waals surface area contributed by atoms with Crippen LogP contribution in [0.5, 0.6) is 0 Å². The highest BCUT2D eigenvalue weighted by Crippen LogP contribution is 2.22. The Morgan fingerprint density at radius 1 is 1.50 bits per heavy atom. The molecule has 0 radical (unpaired) electrons. The number of benzene rings is 1. The predicted molar refractivity (Wildman–Crippen MR) is 52.7 cm³/mol. The molecule has 1 heterocycles. The maximum atomic E-state index is 8.85. The van der Waals surface area contributed by atoms with E-state index in [1.807, 2.05) is 31.2 Å². The van der Waals surface area contributed by atoms with Crippen LogP contribution in [0, 0.1) is 11.3 Å². The number of nitrogens with zero attached hydrogens (tertiary/aromatic N) is 2. The van der Waals surface area contributed by atoms with Gasteiger partial charge in [0.15, 0.2) is 5.58 Å². The highest BCUT2D eigenvalue weighted by Gasteiger charge is 2.14. The van der Waals surface area contributed by atoms with Gasteiger partial charge in [-0.3, -0.25) is 0 Å². The van der Waals surface area contributed by atoms with Gasteiger partial charge in [-0.05, 0) is 18.6 Å². The third-order valence-electron chi connectivity index (χ3n) is 2.17. The molecule has 1 aromatic carbocycles. The van der Waals surface area contributed by atoms with Gasteiger partial charge in [0.1, 0.15) is 11.4 Å². The molecule has 0 amide bonds. The summed E-state index contributed by atoms with van der Waals surface area (Å²) in [6.07, 6.45) is 0.726. The van der Waals surface area contributed by atoms with Gasteiger partial charge in [-0.1, -0.05) is 19.1 Å². The van der Waals surface area contributed by atoms with E-state index in [1.54, 1.807) is 0 Å². The Labute approximate surface area is 82.0 Å². The van der Waals surface area contributed by atoms with Crippen LogP contribution >= 0.6 is 0 Å². The number of rotatable bonds is 2. The van der Waals surface area contributed by atoms with E-state index >= 15 is 0 Å². The number of hydrogen-bond donors (Lipinski definition) is 0. The highest BCUT2D eigenvalue weighted by molar-refractivity contribution is 5.72. The number of aromatic nitrogens is 1. The molecule has 0 fully saturated rings. The average molecular weight is 186 g/mol. The van der Waals surface area contributed by atoms with Gasteiger partial charge in [-0.2, -0.15) is 5.26 Å². The molecule has 70 valence electrons. The van der Waals surface area contributed by atoms with Gasteiger partial charge in [0.05, 0.1) is 6.07 Å². The summed E-state index contributed by atoms with van der Waals surface area (Å²) in [7, 11) is 0. The van der Waals surface area contributed by atoms with E-state index in [1.165, 1.54) is 0 Å². The van der Waals surface area contributed by atoms with E-state index in [4.69, 9.17) is 9.68 Å². The predicted octanol–water partition coefficient (Wildman–Crippen LogP) is 2.84. The van der Waals surface area contributed by atoms with Gasteiger partial charge >= 0.3 is 0 Å². The van der Waals surface area contributed by atoms with Crippen LogP contribution in [0.15, 0.2) is 28.7 Å². The van der Waals surface area contributed by atoms with Gasteiger partial charge in [-0.15, -0.1) is 0 Å². The number of para-hydroxylation sites is 2. The van der Waals surface area contributed by atoms with Crippen molar-refractivity contribution in [1.29, 1.82) is 5.26 Å². The van der Waals surface area contributed by atoms with Gasteiger partial charge in [-0.25, -0.2) is 4.98 Å². The lowest BCUT2D eigenvalue weighted by atomic mass is 10.1. The average Bonchev–Trinajstić information content (AvgIpc) is 2.63. The number of hydrogen-bond acceptors (Lipinski definition) is 3. The zero-order valence-corrected chi connectivity index (χ0v) is 7.90. The summed E-state index contributed by atoms with van der Waals surface area (Å²) in [6, 6.07) is 9.71. The molecule has 2 rings (SSSR count). The van der Waals surface area contributed by atoms with Gasteiger partial charge < -0.3 is 4.42 Å². The summed E-state index contributed by atoms with van der Waals surface area (Å²) in [6.45, 7) is 1.95. The molecule has 1 aromatic heterocycles. The molecule has 0 aliphatic rings. The zero-order valence-electron chi connectivity index (χ0n) is 7.90. The van der Waals surface area contributed by atoms with E-state index in [0.717, 1.165) is 17.5 Å². The van der Waals surface area contributed by atoms with Crippen LogP contribution in [0.4, 0.5) is 0 Å². The molecule has 1 atom stereocenters. The summed E-state index contributed by atoms with van der Waals surface area (Å²) < 4.78 is 5.48. The molecule has 0 saturated carbocycles. The first-order valence-electron chi connectivity index (χ1n) is 4.60. The monoisotopic (exact) mass is 186 g/mol. The van der Waals surface area contributed by atoms with Crippen LogP contribution in [-0.2, 0) is 0 Å². The lowest BCUT2D eigenvalue weighted by Gasteiger charge is -1.96. The first-order chi connectivity index (χ1) is 6.85. The normalized spacial score (nSPS) is 12.6. The van der Waals surface area contributed by atoms with Crippen LogP contribution in [0.1, 0.15) is 25.2 Å². The summed E-state index contributed by atoms with van der Waals surface area (Å²) in [5.41, 5.74) is 1.56. The van der Waals surface area contributed by atoms with Crippen molar-refractivity contribution in [1.82, 2.24) is 4.98 Å². The second-order valence-corrected chi connectivity index (χ2v) is 3.11. The van der Waals surface area contributed by atoms with Crippen LogP contribution in [0.25, 0.3) is 11.1 Å². The van der Waals surface area contributed by atoms with Gasteiger partial charge in [0.2, 0.25) is 5.89 Å². The van der Waals surface area contributed by atoms with E-state index in [2.05, 4.69) is 11.1 Å². The summed E-state index contributed by atoms with van der Waals surface area (Å²) in [5.74, 6) is 0.290. The largest absolute Gasteiger partial charge is 0.439 e. The summed E-state index contributed by atoms with van der Waals surface area (Å²) in [5, 5.41) is 8.85. The smallest absolute Gasteiger partial charge is 0.212 e. The molecule has 0 aliphatic heterocycles. The second-order valence-electron chi connectivity index (χ2n) is 3.11. The highest BCUT2D eigenvalue weighted by atomic mass is 16.3. The van der Waals surface area contributed by atoms with Crippen LogP contribution in [0.2, 0.25) is 0 Å². The third-order valence-corrected chi connectivity index (χ3v) is 2.17. The van der Waals surface area contributed by atoms with Crippen LogP contribution in [0.3, 0.4) is 0 Å². The fourth-order valence-electron chi connectivity index (χ4n) is 1.36. The first-order valence-corrected chi connectivity index (χ1v) is 4.60.